The Balaban J connectivity index is 1.53. The maximum atomic E-state index is 12.0. The SMILES string of the molecule is Cc1ncc(-c2ccc(NC(=O)CNC(=O)c3ccccc3)cc2)[nH]1. The predicted octanol–water partition coefficient (Wildman–Crippen LogP) is 2.75. The summed E-state index contributed by atoms with van der Waals surface area (Å²) in [6.07, 6.45) is 1.77. The van der Waals surface area contributed by atoms with E-state index in [0.29, 0.717) is 11.3 Å². The number of carbonyl (C=O) groups is 2. The van der Waals surface area contributed by atoms with Crippen LogP contribution in [0, 0.1) is 6.92 Å². The highest BCUT2D eigenvalue weighted by atomic mass is 16.2. The van der Waals surface area contributed by atoms with E-state index in [-0.39, 0.29) is 18.4 Å². The van der Waals surface area contributed by atoms with Crippen LogP contribution in [0.15, 0.2) is 60.8 Å². The van der Waals surface area contributed by atoms with Crippen LogP contribution < -0.4 is 10.6 Å². The van der Waals surface area contributed by atoms with Gasteiger partial charge in [-0.05, 0) is 36.8 Å². The lowest BCUT2D eigenvalue weighted by Gasteiger charge is -2.07. The number of benzene rings is 2. The summed E-state index contributed by atoms with van der Waals surface area (Å²) in [7, 11) is 0. The molecule has 0 aliphatic heterocycles. The molecule has 0 spiro atoms. The molecule has 126 valence electrons. The van der Waals surface area contributed by atoms with Crippen LogP contribution >= 0.6 is 0 Å². The van der Waals surface area contributed by atoms with E-state index >= 15 is 0 Å². The Morgan fingerprint density at radius 3 is 2.40 bits per heavy atom. The van der Waals surface area contributed by atoms with Gasteiger partial charge in [0.1, 0.15) is 5.82 Å². The smallest absolute Gasteiger partial charge is 0.251 e. The number of nitrogens with zero attached hydrogens (tertiary/aromatic N) is 1. The Bertz CT molecular complexity index is 870. The number of aromatic amines is 1. The van der Waals surface area contributed by atoms with Crippen molar-refractivity contribution in [1.82, 2.24) is 15.3 Å². The monoisotopic (exact) mass is 334 g/mol. The molecule has 3 N–H and O–H groups in total. The predicted molar refractivity (Wildman–Crippen MR) is 96.2 cm³/mol. The van der Waals surface area contributed by atoms with Gasteiger partial charge in [-0.2, -0.15) is 0 Å². The number of hydrogen-bond acceptors (Lipinski definition) is 3. The first-order valence-corrected chi connectivity index (χ1v) is 7.87. The number of hydrogen-bond donors (Lipinski definition) is 3. The van der Waals surface area contributed by atoms with Gasteiger partial charge in [0.2, 0.25) is 5.91 Å². The highest BCUT2D eigenvalue weighted by Crippen LogP contribution is 2.19. The summed E-state index contributed by atoms with van der Waals surface area (Å²) in [4.78, 5) is 31.2. The Kier molecular flexibility index (Phi) is 4.89. The van der Waals surface area contributed by atoms with Crippen molar-refractivity contribution in [3.05, 3.63) is 72.2 Å². The van der Waals surface area contributed by atoms with Crippen LogP contribution in [0.1, 0.15) is 16.2 Å². The molecule has 0 radical (unpaired) electrons. The number of anilines is 1. The molecule has 6 heteroatoms. The van der Waals surface area contributed by atoms with E-state index < -0.39 is 0 Å². The van der Waals surface area contributed by atoms with Crippen LogP contribution in [-0.2, 0) is 4.79 Å². The molecule has 6 nitrogen and oxygen atoms in total. The number of aromatic nitrogens is 2. The maximum absolute atomic E-state index is 12.0. The fraction of sp³-hybridized carbons (Fsp3) is 0.105. The molecule has 0 saturated heterocycles. The van der Waals surface area contributed by atoms with Gasteiger partial charge in [-0.3, -0.25) is 9.59 Å². The lowest BCUT2D eigenvalue weighted by Crippen LogP contribution is -2.32. The normalized spacial score (nSPS) is 10.3. The molecular weight excluding hydrogens is 316 g/mol. The van der Waals surface area contributed by atoms with Gasteiger partial charge in [-0.15, -0.1) is 0 Å². The zero-order valence-corrected chi connectivity index (χ0v) is 13.7. The van der Waals surface area contributed by atoms with Crippen molar-refractivity contribution in [3.63, 3.8) is 0 Å². The van der Waals surface area contributed by atoms with Crippen LogP contribution in [0.3, 0.4) is 0 Å². The van der Waals surface area contributed by atoms with Gasteiger partial charge >= 0.3 is 0 Å². The van der Waals surface area contributed by atoms with Gasteiger partial charge in [-0.25, -0.2) is 4.98 Å². The Labute approximate surface area is 145 Å². The van der Waals surface area contributed by atoms with Gasteiger partial charge in [0.15, 0.2) is 0 Å². The number of aryl methyl sites for hydroxylation is 1. The first kappa shape index (κ1) is 16.4. The minimum atomic E-state index is -0.283. The van der Waals surface area contributed by atoms with E-state index in [2.05, 4.69) is 20.6 Å². The van der Waals surface area contributed by atoms with Gasteiger partial charge in [-0.1, -0.05) is 30.3 Å². The molecule has 1 heterocycles. The van der Waals surface area contributed by atoms with E-state index in [1.807, 2.05) is 37.3 Å². The van der Waals surface area contributed by atoms with Crippen LogP contribution in [0.2, 0.25) is 0 Å². The number of amides is 2. The molecular formula is C19H18N4O2. The molecule has 0 fully saturated rings. The zero-order chi connectivity index (χ0) is 17.6. The fourth-order valence-corrected chi connectivity index (χ4v) is 2.36. The van der Waals surface area contributed by atoms with Crippen LogP contribution in [0.5, 0.6) is 0 Å². The zero-order valence-electron chi connectivity index (χ0n) is 13.7. The van der Waals surface area contributed by atoms with Crippen molar-refractivity contribution < 1.29 is 9.59 Å². The van der Waals surface area contributed by atoms with Crippen molar-refractivity contribution >= 4 is 17.5 Å². The third-order valence-electron chi connectivity index (χ3n) is 3.63. The molecule has 0 bridgehead atoms. The van der Waals surface area contributed by atoms with Crippen LogP contribution in [0.25, 0.3) is 11.3 Å². The van der Waals surface area contributed by atoms with Crippen LogP contribution in [0.4, 0.5) is 5.69 Å². The topological polar surface area (TPSA) is 86.9 Å². The molecule has 25 heavy (non-hydrogen) atoms. The minimum Gasteiger partial charge on any atom is -0.343 e. The minimum absolute atomic E-state index is 0.0881. The highest BCUT2D eigenvalue weighted by molar-refractivity contribution is 5.99. The second-order valence-electron chi connectivity index (χ2n) is 5.56. The largest absolute Gasteiger partial charge is 0.343 e. The molecule has 0 aliphatic rings. The van der Waals surface area contributed by atoms with Gasteiger partial charge in [0.05, 0.1) is 18.4 Å². The molecule has 2 amide bonds. The first-order chi connectivity index (χ1) is 12.1. The van der Waals surface area contributed by atoms with Crippen molar-refractivity contribution in [2.75, 3.05) is 11.9 Å². The summed E-state index contributed by atoms with van der Waals surface area (Å²) in [5, 5.41) is 5.35. The van der Waals surface area contributed by atoms with E-state index in [4.69, 9.17) is 0 Å². The Hall–Kier alpha value is -3.41. The summed E-state index contributed by atoms with van der Waals surface area (Å²) >= 11 is 0. The summed E-state index contributed by atoms with van der Waals surface area (Å²) < 4.78 is 0. The lowest BCUT2D eigenvalue weighted by atomic mass is 10.1. The summed E-state index contributed by atoms with van der Waals surface area (Å²) in [5.41, 5.74) is 3.09. The second-order valence-corrected chi connectivity index (χ2v) is 5.56. The van der Waals surface area contributed by atoms with Crippen molar-refractivity contribution in [2.45, 2.75) is 6.92 Å². The lowest BCUT2D eigenvalue weighted by molar-refractivity contribution is -0.115. The molecule has 0 unspecified atom stereocenters. The Morgan fingerprint density at radius 2 is 1.76 bits per heavy atom. The number of nitrogens with one attached hydrogen (secondary N) is 3. The molecule has 0 atom stereocenters. The quantitative estimate of drug-likeness (QED) is 0.670. The van der Waals surface area contributed by atoms with Gasteiger partial charge in [0.25, 0.3) is 5.91 Å². The van der Waals surface area contributed by atoms with E-state index in [9.17, 15) is 9.59 Å². The molecule has 3 rings (SSSR count). The number of carbonyl (C=O) groups excluding carboxylic acids is 2. The number of imidazole rings is 1. The number of H-pyrrole nitrogens is 1. The van der Waals surface area contributed by atoms with E-state index in [1.165, 1.54) is 0 Å². The van der Waals surface area contributed by atoms with Crippen LogP contribution in [-0.4, -0.2) is 28.3 Å². The van der Waals surface area contributed by atoms with E-state index in [1.54, 1.807) is 30.5 Å². The number of rotatable bonds is 5. The summed E-state index contributed by atoms with van der Waals surface area (Å²) in [5.74, 6) is 0.289. The average molecular weight is 334 g/mol. The summed E-state index contributed by atoms with van der Waals surface area (Å²) in [6, 6.07) is 16.2. The Morgan fingerprint density at radius 1 is 1.04 bits per heavy atom. The molecule has 1 aromatic heterocycles. The fourth-order valence-electron chi connectivity index (χ4n) is 2.36. The molecule has 0 aliphatic carbocycles. The average Bonchev–Trinajstić information content (AvgIpc) is 3.07. The maximum Gasteiger partial charge on any atom is 0.251 e. The molecule has 0 saturated carbocycles. The third-order valence-corrected chi connectivity index (χ3v) is 3.63. The highest BCUT2D eigenvalue weighted by Gasteiger charge is 2.08. The standard InChI is InChI=1S/C19H18N4O2/c1-13-20-11-17(22-13)14-7-9-16(10-8-14)23-18(24)12-21-19(25)15-5-3-2-4-6-15/h2-11H,12H2,1H3,(H,20,22)(H,21,25)(H,23,24). The summed E-state index contributed by atoms with van der Waals surface area (Å²) in [6.45, 7) is 1.80. The second kappa shape index (κ2) is 7.44. The van der Waals surface area contributed by atoms with Gasteiger partial charge in [0, 0.05) is 11.3 Å². The molecule has 3 aromatic rings. The molecule has 2 aromatic carbocycles. The van der Waals surface area contributed by atoms with Crippen molar-refractivity contribution in [1.29, 1.82) is 0 Å². The van der Waals surface area contributed by atoms with Crippen molar-refractivity contribution in [2.24, 2.45) is 0 Å². The third kappa shape index (κ3) is 4.32. The van der Waals surface area contributed by atoms with Crippen molar-refractivity contribution in [3.8, 4) is 11.3 Å². The van der Waals surface area contributed by atoms with Gasteiger partial charge < -0.3 is 15.6 Å². The first-order valence-electron chi connectivity index (χ1n) is 7.87. The van der Waals surface area contributed by atoms with E-state index in [0.717, 1.165) is 17.1 Å².